The number of hydrogen-bond donors (Lipinski definition) is 2. The van der Waals surface area contributed by atoms with Gasteiger partial charge in [0.1, 0.15) is 11.9 Å². The summed E-state index contributed by atoms with van der Waals surface area (Å²) >= 11 is 0. The average Bonchev–Trinajstić information content (AvgIpc) is 2.40. The Balaban J connectivity index is 2.52. The molecule has 114 valence electrons. The third-order valence-corrected chi connectivity index (χ3v) is 2.55. The summed E-state index contributed by atoms with van der Waals surface area (Å²) in [5.41, 5.74) is 0.388. The summed E-state index contributed by atoms with van der Waals surface area (Å²) in [6.45, 7) is 4.13. The van der Waals surface area contributed by atoms with Crippen molar-refractivity contribution in [2.45, 2.75) is 32.9 Å². The van der Waals surface area contributed by atoms with Gasteiger partial charge in [-0.3, -0.25) is 9.59 Å². The molecule has 0 saturated heterocycles. The van der Waals surface area contributed by atoms with Crippen LogP contribution in [0.25, 0.3) is 0 Å². The molecule has 0 aliphatic heterocycles. The van der Waals surface area contributed by atoms with Crippen molar-refractivity contribution in [1.29, 1.82) is 0 Å². The fraction of sp³-hybridized carbons (Fsp3) is 0.357. The maximum atomic E-state index is 12.7. The first-order chi connectivity index (χ1) is 9.79. The van der Waals surface area contributed by atoms with Gasteiger partial charge in [0.2, 0.25) is 5.91 Å². The zero-order valence-corrected chi connectivity index (χ0v) is 12.0. The predicted molar refractivity (Wildman–Crippen MR) is 73.9 cm³/mol. The molecule has 1 aromatic rings. The Kier molecular flexibility index (Phi) is 5.83. The Morgan fingerprint density at radius 2 is 1.71 bits per heavy atom. The maximum Gasteiger partial charge on any atom is 0.329 e. The third kappa shape index (κ3) is 5.60. The van der Waals surface area contributed by atoms with Crippen molar-refractivity contribution in [3.05, 3.63) is 30.1 Å². The number of carbonyl (C=O) groups excluding carboxylic acids is 3. The van der Waals surface area contributed by atoms with Crippen LogP contribution in [0.2, 0.25) is 0 Å². The van der Waals surface area contributed by atoms with Crippen LogP contribution in [0.3, 0.4) is 0 Å². The Labute approximate surface area is 121 Å². The van der Waals surface area contributed by atoms with Crippen LogP contribution >= 0.6 is 0 Å². The quantitative estimate of drug-likeness (QED) is 0.800. The van der Waals surface area contributed by atoms with Crippen LogP contribution in [0.1, 0.15) is 20.8 Å². The van der Waals surface area contributed by atoms with Crippen LogP contribution in [-0.2, 0) is 19.1 Å². The summed E-state index contributed by atoms with van der Waals surface area (Å²) < 4.78 is 17.7. The van der Waals surface area contributed by atoms with Crippen LogP contribution in [0.5, 0.6) is 0 Å². The molecule has 0 heterocycles. The summed E-state index contributed by atoms with van der Waals surface area (Å²) in [7, 11) is 0. The Hall–Kier alpha value is -2.44. The Morgan fingerprint density at radius 1 is 1.14 bits per heavy atom. The van der Waals surface area contributed by atoms with Crippen molar-refractivity contribution in [3.63, 3.8) is 0 Å². The second-order valence-electron chi connectivity index (χ2n) is 4.50. The molecule has 2 amide bonds. The van der Waals surface area contributed by atoms with Crippen LogP contribution in [0.4, 0.5) is 10.1 Å². The molecule has 6 nitrogen and oxygen atoms in total. The van der Waals surface area contributed by atoms with Gasteiger partial charge < -0.3 is 15.4 Å². The highest BCUT2D eigenvalue weighted by Gasteiger charge is 2.22. The SMILES string of the molecule is CC(=O)N[C@@H](C)C(=O)OC(C)C(=O)Nc1ccc(F)cc1. The maximum absolute atomic E-state index is 12.7. The smallest absolute Gasteiger partial charge is 0.329 e. The van der Waals surface area contributed by atoms with E-state index in [-0.39, 0.29) is 5.91 Å². The van der Waals surface area contributed by atoms with Crippen LogP contribution in [0, 0.1) is 5.82 Å². The molecular weight excluding hydrogens is 279 g/mol. The predicted octanol–water partition coefficient (Wildman–Crippen LogP) is 1.22. The minimum atomic E-state index is -1.04. The van der Waals surface area contributed by atoms with E-state index in [9.17, 15) is 18.8 Å². The molecular formula is C14H17FN2O4. The van der Waals surface area contributed by atoms with Crippen molar-refractivity contribution in [2.75, 3.05) is 5.32 Å². The second kappa shape index (κ2) is 7.37. The molecule has 0 aromatic heterocycles. The molecule has 0 bridgehead atoms. The van der Waals surface area contributed by atoms with Gasteiger partial charge in [-0.1, -0.05) is 0 Å². The molecule has 2 N–H and O–H groups in total. The molecule has 0 radical (unpaired) electrons. The number of amides is 2. The number of anilines is 1. The van der Waals surface area contributed by atoms with E-state index in [1.165, 1.54) is 45.0 Å². The number of halogens is 1. The van der Waals surface area contributed by atoms with Gasteiger partial charge in [-0.15, -0.1) is 0 Å². The lowest BCUT2D eigenvalue weighted by Gasteiger charge is -2.17. The Bertz CT molecular complexity index is 530. The van der Waals surface area contributed by atoms with Crippen molar-refractivity contribution in [3.8, 4) is 0 Å². The highest BCUT2D eigenvalue weighted by Crippen LogP contribution is 2.09. The molecule has 1 aromatic carbocycles. The van der Waals surface area contributed by atoms with E-state index < -0.39 is 29.8 Å². The molecule has 2 atom stereocenters. The molecule has 7 heteroatoms. The van der Waals surface area contributed by atoms with Crippen LogP contribution in [0.15, 0.2) is 24.3 Å². The fourth-order valence-corrected chi connectivity index (χ4v) is 1.47. The fourth-order valence-electron chi connectivity index (χ4n) is 1.47. The van der Waals surface area contributed by atoms with Crippen LogP contribution in [-0.4, -0.2) is 29.9 Å². The van der Waals surface area contributed by atoms with E-state index >= 15 is 0 Å². The van der Waals surface area contributed by atoms with Gasteiger partial charge >= 0.3 is 5.97 Å². The molecule has 0 spiro atoms. The standard InChI is InChI=1S/C14H17FN2O4/c1-8(16-10(3)18)14(20)21-9(2)13(19)17-12-6-4-11(15)5-7-12/h4-9H,1-3H3,(H,16,18)(H,17,19)/t8-,9?/m0/s1. The lowest BCUT2D eigenvalue weighted by atomic mass is 10.3. The van der Waals surface area contributed by atoms with Crippen molar-refractivity contribution in [1.82, 2.24) is 5.32 Å². The van der Waals surface area contributed by atoms with Crippen molar-refractivity contribution < 1.29 is 23.5 Å². The van der Waals surface area contributed by atoms with Crippen molar-refractivity contribution in [2.24, 2.45) is 0 Å². The summed E-state index contributed by atoms with van der Waals surface area (Å²) in [5.74, 6) is -2.06. The van der Waals surface area contributed by atoms with Gasteiger partial charge in [-0.25, -0.2) is 9.18 Å². The topological polar surface area (TPSA) is 84.5 Å². The largest absolute Gasteiger partial charge is 0.451 e. The molecule has 21 heavy (non-hydrogen) atoms. The minimum absolute atomic E-state index is 0.372. The minimum Gasteiger partial charge on any atom is -0.451 e. The summed E-state index contributed by atoms with van der Waals surface area (Å²) in [5, 5.41) is 4.84. The van der Waals surface area contributed by atoms with Gasteiger partial charge in [0.15, 0.2) is 6.10 Å². The van der Waals surface area contributed by atoms with Gasteiger partial charge in [0.05, 0.1) is 0 Å². The van der Waals surface area contributed by atoms with E-state index in [1.807, 2.05) is 0 Å². The number of nitrogens with one attached hydrogen (secondary N) is 2. The normalized spacial score (nSPS) is 13.0. The lowest BCUT2D eigenvalue weighted by molar-refractivity contribution is -0.155. The van der Waals surface area contributed by atoms with E-state index in [1.54, 1.807) is 0 Å². The van der Waals surface area contributed by atoms with Gasteiger partial charge in [0.25, 0.3) is 5.91 Å². The van der Waals surface area contributed by atoms with Gasteiger partial charge in [-0.05, 0) is 38.1 Å². The van der Waals surface area contributed by atoms with Crippen LogP contribution < -0.4 is 10.6 Å². The number of carbonyl (C=O) groups is 3. The van der Waals surface area contributed by atoms with E-state index in [4.69, 9.17) is 4.74 Å². The first-order valence-corrected chi connectivity index (χ1v) is 6.33. The average molecular weight is 296 g/mol. The van der Waals surface area contributed by atoms with E-state index in [2.05, 4.69) is 10.6 Å². The molecule has 0 aliphatic rings. The first-order valence-electron chi connectivity index (χ1n) is 6.33. The highest BCUT2D eigenvalue weighted by molar-refractivity contribution is 5.95. The Morgan fingerprint density at radius 3 is 2.24 bits per heavy atom. The third-order valence-electron chi connectivity index (χ3n) is 2.55. The number of hydrogen-bond acceptors (Lipinski definition) is 4. The number of ether oxygens (including phenoxy) is 1. The number of benzene rings is 1. The molecule has 0 saturated carbocycles. The monoisotopic (exact) mass is 296 g/mol. The van der Waals surface area contributed by atoms with E-state index in [0.717, 1.165) is 0 Å². The van der Waals surface area contributed by atoms with Gasteiger partial charge in [0, 0.05) is 12.6 Å². The second-order valence-corrected chi connectivity index (χ2v) is 4.50. The molecule has 0 aliphatic carbocycles. The van der Waals surface area contributed by atoms with E-state index in [0.29, 0.717) is 5.69 Å². The summed E-state index contributed by atoms with van der Waals surface area (Å²) in [4.78, 5) is 34.3. The van der Waals surface area contributed by atoms with Crippen molar-refractivity contribution >= 4 is 23.5 Å². The van der Waals surface area contributed by atoms with Gasteiger partial charge in [-0.2, -0.15) is 0 Å². The molecule has 1 rings (SSSR count). The summed E-state index contributed by atoms with van der Waals surface area (Å²) in [6, 6.07) is 4.34. The zero-order chi connectivity index (χ0) is 16.0. The number of rotatable bonds is 5. The lowest BCUT2D eigenvalue weighted by Crippen LogP contribution is -2.41. The summed E-state index contributed by atoms with van der Waals surface area (Å²) in [6.07, 6.45) is -1.04. The first kappa shape index (κ1) is 16.6. The highest BCUT2D eigenvalue weighted by atomic mass is 19.1. The molecule has 1 unspecified atom stereocenters. The number of esters is 1. The molecule has 0 fully saturated rings. The zero-order valence-electron chi connectivity index (χ0n) is 12.0.